The minimum Gasteiger partial charge on any atom is -0.316 e. The molecule has 1 saturated heterocycles. The van der Waals surface area contributed by atoms with Crippen LogP contribution in [0.1, 0.15) is 23.6 Å². The summed E-state index contributed by atoms with van der Waals surface area (Å²) < 4.78 is 1.98. The van der Waals surface area contributed by atoms with Crippen LogP contribution in [0.15, 0.2) is 16.9 Å². The summed E-state index contributed by atoms with van der Waals surface area (Å²) in [6.45, 7) is 3.73. The number of nitrogens with one attached hydrogen (secondary N) is 2. The lowest BCUT2D eigenvalue weighted by Gasteiger charge is -2.37. The van der Waals surface area contributed by atoms with Gasteiger partial charge in [-0.25, -0.2) is 0 Å². The van der Waals surface area contributed by atoms with Crippen LogP contribution in [0, 0.1) is 5.92 Å². The van der Waals surface area contributed by atoms with Gasteiger partial charge in [-0.05, 0) is 37.6 Å². The first-order valence-corrected chi connectivity index (χ1v) is 6.37. The van der Waals surface area contributed by atoms with Crippen molar-refractivity contribution in [2.75, 3.05) is 20.1 Å². The third-order valence-corrected chi connectivity index (χ3v) is 3.90. The zero-order valence-electron chi connectivity index (χ0n) is 10.2. The van der Waals surface area contributed by atoms with Gasteiger partial charge in [-0.2, -0.15) is 0 Å². The number of rotatable bonds is 2. The van der Waals surface area contributed by atoms with E-state index in [-0.39, 0.29) is 5.56 Å². The Labute approximate surface area is 101 Å². The summed E-state index contributed by atoms with van der Waals surface area (Å²) in [5.74, 6) is 1.15. The zero-order valence-corrected chi connectivity index (χ0v) is 10.2. The van der Waals surface area contributed by atoms with E-state index in [0.717, 1.165) is 31.7 Å². The van der Waals surface area contributed by atoms with Crippen molar-refractivity contribution in [1.82, 2.24) is 15.2 Å². The van der Waals surface area contributed by atoms with Gasteiger partial charge < -0.3 is 15.2 Å². The molecule has 2 aliphatic rings. The lowest BCUT2D eigenvalue weighted by atomic mass is 9.84. The lowest BCUT2D eigenvalue weighted by Crippen LogP contribution is -2.45. The average Bonchev–Trinajstić information content (AvgIpc) is 2.32. The maximum atomic E-state index is 12.1. The zero-order chi connectivity index (χ0) is 11.8. The predicted molar refractivity (Wildman–Crippen MR) is 67.2 cm³/mol. The van der Waals surface area contributed by atoms with Crippen LogP contribution in [0.3, 0.4) is 0 Å². The van der Waals surface area contributed by atoms with Gasteiger partial charge in [0.05, 0.1) is 0 Å². The molecule has 1 fully saturated rings. The normalized spacial score (nSPS) is 26.6. The molecule has 0 aliphatic carbocycles. The molecule has 0 amide bonds. The Hall–Kier alpha value is -1.13. The Bertz CT molecular complexity index is 480. The van der Waals surface area contributed by atoms with Crippen LogP contribution < -0.4 is 16.2 Å². The fourth-order valence-electron chi connectivity index (χ4n) is 3.17. The molecule has 0 radical (unpaired) electrons. The number of aromatic nitrogens is 1. The minimum absolute atomic E-state index is 0.171. The topological polar surface area (TPSA) is 46.1 Å². The second-order valence-electron chi connectivity index (χ2n) is 5.22. The molecule has 2 atom stereocenters. The summed E-state index contributed by atoms with van der Waals surface area (Å²) in [7, 11) is 1.91. The third kappa shape index (κ3) is 1.91. The molecule has 4 nitrogen and oxygen atoms in total. The molecule has 0 unspecified atom stereocenters. The largest absolute Gasteiger partial charge is 0.316 e. The van der Waals surface area contributed by atoms with E-state index in [1.54, 1.807) is 6.07 Å². The first-order chi connectivity index (χ1) is 8.28. The van der Waals surface area contributed by atoms with Crippen LogP contribution in [0.5, 0.6) is 0 Å². The van der Waals surface area contributed by atoms with E-state index >= 15 is 0 Å². The van der Waals surface area contributed by atoms with E-state index in [9.17, 15) is 4.79 Å². The van der Waals surface area contributed by atoms with Gasteiger partial charge in [-0.15, -0.1) is 0 Å². The maximum Gasteiger partial charge on any atom is 0.251 e. The maximum absolute atomic E-state index is 12.1. The van der Waals surface area contributed by atoms with E-state index in [1.165, 1.54) is 12.1 Å². The van der Waals surface area contributed by atoms with E-state index in [0.29, 0.717) is 11.8 Å². The Balaban J connectivity index is 2.05. The summed E-state index contributed by atoms with van der Waals surface area (Å²) >= 11 is 0. The Morgan fingerprint density at radius 3 is 3.18 bits per heavy atom. The molecule has 0 spiro atoms. The highest BCUT2D eigenvalue weighted by Crippen LogP contribution is 2.31. The van der Waals surface area contributed by atoms with Crippen molar-refractivity contribution in [1.29, 1.82) is 0 Å². The summed E-state index contributed by atoms with van der Waals surface area (Å²) in [4.78, 5) is 12.1. The second kappa shape index (κ2) is 4.27. The fraction of sp³-hybridized carbons (Fsp3) is 0.615. The summed E-state index contributed by atoms with van der Waals surface area (Å²) in [5, 5.41) is 6.58. The van der Waals surface area contributed by atoms with Crippen LogP contribution in [-0.2, 0) is 13.1 Å². The smallest absolute Gasteiger partial charge is 0.251 e. The van der Waals surface area contributed by atoms with Crippen LogP contribution in [0.4, 0.5) is 0 Å². The van der Waals surface area contributed by atoms with Crippen molar-refractivity contribution < 1.29 is 0 Å². The standard InChI is InChI=1S/C13H19N3O/c1-14-5-9-3-12-11-2-10(6-15-7-11)8-16(12)13(17)4-9/h3-4,10-11,14-15H,2,5-8H2,1H3/t10-,11+/m0/s1. The van der Waals surface area contributed by atoms with Crippen molar-refractivity contribution >= 4 is 0 Å². The molecule has 17 heavy (non-hydrogen) atoms. The molecule has 3 heterocycles. The molecule has 92 valence electrons. The van der Waals surface area contributed by atoms with Crippen LogP contribution in [0.2, 0.25) is 0 Å². The number of hydrogen-bond donors (Lipinski definition) is 2. The molecule has 1 aromatic heterocycles. The van der Waals surface area contributed by atoms with Crippen LogP contribution in [0.25, 0.3) is 0 Å². The summed E-state index contributed by atoms with van der Waals surface area (Å²) in [6, 6.07) is 3.97. The molecule has 2 N–H and O–H groups in total. The highest BCUT2D eigenvalue weighted by Gasteiger charge is 2.30. The van der Waals surface area contributed by atoms with Crippen molar-refractivity contribution in [2.45, 2.75) is 25.4 Å². The molecular weight excluding hydrogens is 214 g/mol. The average molecular weight is 233 g/mol. The quantitative estimate of drug-likeness (QED) is 0.771. The van der Waals surface area contributed by atoms with Gasteiger partial charge in [0, 0.05) is 37.3 Å². The molecule has 3 rings (SSSR count). The Morgan fingerprint density at radius 2 is 2.35 bits per heavy atom. The Morgan fingerprint density at radius 1 is 1.47 bits per heavy atom. The van der Waals surface area contributed by atoms with E-state index in [2.05, 4.69) is 16.7 Å². The van der Waals surface area contributed by atoms with Crippen molar-refractivity contribution in [3.8, 4) is 0 Å². The SMILES string of the molecule is CNCc1cc2n(c(=O)c1)C[C@@H]1CNC[C@H]2C1. The predicted octanol–water partition coefficient (Wildman–Crippen LogP) is 0.274. The summed E-state index contributed by atoms with van der Waals surface area (Å²) in [5.41, 5.74) is 2.50. The van der Waals surface area contributed by atoms with Gasteiger partial charge in [0.25, 0.3) is 5.56 Å². The molecule has 0 saturated carbocycles. The molecule has 2 bridgehead atoms. The van der Waals surface area contributed by atoms with E-state index < -0.39 is 0 Å². The van der Waals surface area contributed by atoms with Gasteiger partial charge in [0.2, 0.25) is 0 Å². The molecule has 1 aromatic rings. The third-order valence-electron chi connectivity index (χ3n) is 3.90. The number of piperidine rings is 1. The van der Waals surface area contributed by atoms with E-state index in [1.807, 2.05) is 11.6 Å². The summed E-state index contributed by atoms with van der Waals surface area (Å²) in [6.07, 6.45) is 1.23. The number of nitrogens with zero attached hydrogens (tertiary/aromatic N) is 1. The van der Waals surface area contributed by atoms with Crippen LogP contribution in [-0.4, -0.2) is 24.7 Å². The number of fused-ring (bicyclic) bond motifs is 4. The first-order valence-electron chi connectivity index (χ1n) is 6.37. The highest BCUT2D eigenvalue weighted by atomic mass is 16.1. The van der Waals surface area contributed by atoms with E-state index in [4.69, 9.17) is 0 Å². The Kier molecular flexibility index (Phi) is 2.76. The first kappa shape index (κ1) is 11.0. The van der Waals surface area contributed by atoms with Gasteiger partial charge in [-0.3, -0.25) is 4.79 Å². The monoisotopic (exact) mass is 233 g/mol. The molecular formula is C13H19N3O. The van der Waals surface area contributed by atoms with Crippen molar-refractivity contribution in [2.24, 2.45) is 5.92 Å². The fourth-order valence-corrected chi connectivity index (χ4v) is 3.17. The second-order valence-corrected chi connectivity index (χ2v) is 5.22. The van der Waals surface area contributed by atoms with Crippen molar-refractivity contribution in [3.05, 3.63) is 33.7 Å². The minimum atomic E-state index is 0.171. The van der Waals surface area contributed by atoms with Crippen LogP contribution >= 0.6 is 0 Å². The van der Waals surface area contributed by atoms with Gasteiger partial charge >= 0.3 is 0 Å². The highest BCUT2D eigenvalue weighted by molar-refractivity contribution is 5.23. The molecule has 0 aromatic carbocycles. The molecule has 2 aliphatic heterocycles. The van der Waals surface area contributed by atoms with Gasteiger partial charge in [-0.1, -0.05) is 0 Å². The van der Waals surface area contributed by atoms with Gasteiger partial charge in [0.1, 0.15) is 0 Å². The van der Waals surface area contributed by atoms with Gasteiger partial charge in [0.15, 0.2) is 0 Å². The lowest BCUT2D eigenvalue weighted by molar-refractivity contribution is 0.257. The molecule has 4 heteroatoms. The van der Waals surface area contributed by atoms with Crippen molar-refractivity contribution in [3.63, 3.8) is 0 Å². The number of hydrogen-bond acceptors (Lipinski definition) is 3. The number of pyridine rings is 1.